The SMILES string of the molecule is CCc1ccccc1N1C[C@@H](C(=O)OCC(=O)NCCC#N)CC1=O. The molecule has 1 aliphatic rings. The number of hydrogen-bond acceptors (Lipinski definition) is 5. The molecule has 0 unspecified atom stereocenters. The van der Waals surface area contributed by atoms with Crippen LogP contribution in [-0.2, 0) is 25.5 Å². The summed E-state index contributed by atoms with van der Waals surface area (Å²) in [5, 5.41) is 10.9. The van der Waals surface area contributed by atoms with Crippen LogP contribution in [0.5, 0.6) is 0 Å². The van der Waals surface area contributed by atoms with Gasteiger partial charge in [0.1, 0.15) is 0 Å². The second-order valence-corrected chi connectivity index (χ2v) is 5.75. The predicted molar refractivity (Wildman–Crippen MR) is 90.5 cm³/mol. The Morgan fingerprint density at radius 3 is 2.88 bits per heavy atom. The summed E-state index contributed by atoms with van der Waals surface area (Å²) in [5.74, 6) is -1.72. The molecule has 1 aliphatic heterocycles. The van der Waals surface area contributed by atoms with E-state index in [-0.39, 0.29) is 31.8 Å². The lowest BCUT2D eigenvalue weighted by Gasteiger charge is -2.19. The molecule has 0 spiro atoms. The van der Waals surface area contributed by atoms with Gasteiger partial charge in [0.25, 0.3) is 5.91 Å². The highest BCUT2D eigenvalue weighted by atomic mass is 16.5. The Labute approximate surface area is 146 Å². The molecule has 1 atom stereocenters. The van der Waals surface area contributed by atoms with Crippen molar-refractivity contribution in [3.05, 3.63) is 29.8 Å². The normalized spacial score (nSPS) is 16.4. The first-order valence-corrected chi connectivity index (χ1v) is 8.25. The molecule has 132 valence electrons. The molecule has 2 rings (SSSR count). The van der Waals surface area contributed by atoms with E-state index in [1.807, 2.05) is 37.3 Å². The fraction of sp³-hybridized carbons (Fsp3) is 0.444. The average molecular weight is 343 g/mol. The van der Waals surface area contributed by atoms with Crippen LogP contribution in [0.3, 0.4) is 0 Å². The van der Waals surface area contributed by atoms with Gasteiger partial charge in [-0.1, -0.05) is 25.1 Å². The van der Waals surface area contributed by atoms with Crippen LogP contribution >= 0.6 is 0 Å². The molecule has 0 aromatic heterocycles. The first-order chi connectivity index (χ1) is 12.1. The Morgan fingerprint density at radius 2 is 2.16 bits per heavy atom. The Kier molecular flexibility index (Phi) is 6.52. The first-order valence-electron chi connectivity index (χ1n) is 8.25. The summed E-state index contributed by atoms with van der Waals surface area (Å²) < 4.78 is 4.99. The quantitative estimate of drug-likeness (QED) is 0.592. The molecule has 1 fully saturated rings. The van der Waals surface area contributed by atoms with Gasteiger partial charge in [-0.15, -0.1) is 0 Å². The zero-order valence-electron chi connectivity index (χ0n) is 14.2. The van der Waals surface area contributed by atoms with E-state index < -0.39 is 24.4 Å². The van der Waals surface area contributed by atoms with Crippen molar-refractivity contribution >= 4 is 23.5 Å². The largest absolute Gasteiger partial charge is 0.455 e. The van der Waals surface area contributed by atoms with Crippen molar-refractivity contribution in [3.8, 4) is 6.07 Å². The molecule has 0 saturated carbocycles. The molecule has 1 N–H and O–H groups in total. The van der Waals surface area contributed by atoms with Crippen molar-refractivity contribution in [2.75, 3.05) is 24.6 Å². The molecule has 25 heavy (non-hydrogen) atoms. The average Bonchev–Trinajstić information content (AvgIpc) is 3.01. The van der Waals surface area contributed by atoms with Crippen LogP contribution in [0.15, 0.2) is 24.3 Å². The topological polar surface area (TPSA) is 99.5 Å². The molecule has 0 aliphatic carbocycles. The minimum Gasteiger partial charge on any atom is -0.455 e. The molecular weight excluding hydrogens is 322 g/mol. The summed E-state index contributed by atoms with van der Waals surface area (Å²) >= 11 is 0. The van der Waals surface area contributed by atoms with Gasteiger partial charge in [0.05, 0.1) is 18.4 Å². The van der Waals surface area contributed by atoms with E-state index in [1.165, 1.54) is 0 Å². The summed E-state index contributed by atoms with van der Waals surface area (Å²) in [6, 6.07) is 9.50. The molecule has 1 heterocycles. The standard InChI is InChI=1S/C18H21N3O4/c1-2-13-6-3-4-7-15(13)21-11-14(10-17(21)23)18(24)25-12-16(22)20-9-5-8-19/h3-4,6-7,14H,2,5,9-12H2,1H3,(H,20,22)/t14-/m0/s1. The minimum atomic E-state index is -0.579. The van der Waals surface area contributed by atoms with E-state index in [1.54, 1.807) is 4.90 Å². The van der Waals surface area contributed by atoms with Crippen molar-refractivity contribution in [1.82, 2.24) is 5.32 Å². The highest BCUT2D eigenvalue weighted by Crippen LogP contribution is 2.28. The van der Waals surface area contributed by atoms with Crippen LogP contribution in [0.25, 0.3) is 0 Å². The highest BCUT2D eigenvalue weighted by molar-refractivity contribution is 6.00. The minimum absolute atomic E-state index is 0.0763. The van der Waals surface area contributed by atoms with Crippen LogP contribution < -0.4 is 10.2 Å². The maximum absolute atomic E-state index is 12.3. The molecule has 0 bridgehead atoms. The number of anilines is 1. The second-order valence-electron chi connectivity index (χ2n) is 5.75. The lowest BCUT2D eigenvalue weighted by Crippen LogP contribution is -2.31. The van der Waals surface area contributed by atoms with Gasteiger partial charge in [0, 0.05) is 25.2 Å². The molecule has 2 amide bonds. The van der Waals surface area contributed by atoms with E-state index in [4.69, 9.17) is 10.00 Å². The number of nitrogens with zero attached hydrogens (tertiary/aromatic N) is 2. The fourth-order valence-electron chi connectivity index (χ4n) is 2.73. The van der Waals surface area contributed by atoms with Gasteiger partial charge in [0.15, 0.2) is 6.61 Å². The maximum Gasteiger partial charge on any atom is 0.311 e. The molecule has 7 heteroatoms. The van der Waals surface area contributed by atoms with E-state index in [2.05, 4.69) is 5.32 Å². The Balaban J connectivity index is 1.90. The van der Waals surface area contributed by atoms with Crippen molar-refractivity contribution in [3.63, 3.8) is 0 Å². The van der Waals surface area contributed by atoms with Crippen molar-refractivity contribution in [2.45, 2.75) is 26.2 Å². The van der Waals surface area contributed by atoms with Crippen LogP contribution in [0.1, 0.15) is 25.3 Å². The number of aryl methyl sites for hydroxylation is 1. The highest BCUT2D eigenvalue weighted by Gasteiger charge is 2.36. The van der Waals surface area contributed by atoms with Gasteiger partial charge in [-0.2, -0.15) is 5.26 Å². The van der Waals surface area contributed by atoms with Crippen LogP contribution in [-0.4, -0.2) is 37.5 Å². The van der Waals surface area contributed by atoms with Crippen molar-refractivity contribution < 1.29 is 19.1 Å². The number of nitrogens with one attached hydrogen (secondary N) is 1. The van der Waals surface area contributed by atoms with Gasteiger partial charge < -0.3 is 15.0 Å². The van der Waals surface area contributed by atoms with Crippen molar-refractivity contribution in [2.24, 2.45) is 5.92 Å². The number of carbonyl (C=O) groups excluding carboxylic acids is 3. The summed E-state index contributed by atoms with van der Waals surface area (Å²) in [6.45, 7) is 2.08. The summed E-state index contributed by atoms with van der Waals surface area (Å²) in [5.41, 5.74) is 1.86. The third kappa shape index (κ3) is 4.80. The maximum atomic E-state index is 12.3. The number of carbonyl (C=O) groups is 3. The van der Waals surface area contributed by atoms with Crippen LogP contribution in [0.2, 0.25) is 0 Å². The molecule has 7 nitrogen and oxygen atoms in total. The third-order valence-electron chi connectivity index (χ3n) is 4.03. The molecule has 0 radical (unpaired) electrons. The monoisotopic (exact) mass is 343 g/mol. The van der Waals surface area contributed by atoms with Gasteiger partial charge in [0.2, 0.25) is 5.91 Å². The van der Waals surface area contributed by atoms with Gasteiger partial charge in [-0.05, 0) is 18.1 Å². The summed E-state index contributed by atoms with van der Waals surface area (Å²) in [6.07, 6.45) is 1.06. The van der Waals surface area contributed by atoms with Gasteiger partial charge in [-0.3, -0.25) is 14.4 Å². The number of rotatable bonds is 7. The fourth-order valence-corrected chi connectivity index (χ4v) is 2.73. The van der Waals surface area contributed by atoms with E-state index in [9.17, 15) is 14.4 Å². The number of hydrogen-bond donors (Lipinski definition) is 1. The number of para-hydroxylation sites is 1. The number of benzene rings is 1. The summed E-state index contributed by atoms with van der Waals surface area (Å²) in [7, 11) is 0. The van der Waals surface area contributed by atoms with Crippen LogP contribution in [0, 0.1) is 17.2 Å². The first kappa shape index (κ1) is 18.5. The Hall–Kier alpha value is -2.88. The van der Waals surface area contributed by atoms with E-state index in [0.717, 1.165) is 17.7 Å². The zero-order chi connectivity index (χ0) is 18.2. The molecular formula is C18H21N3O4. The lowest BCUT2D eigenvalue weighted by molar-refractivity contribution is -0.152. The van der Waals surface area contributed by atoms with Gasteiger partial charge in [-0.25, -0.2) is 0 Å². The smallest absolute Gasteiger partial charge is 0.311 e. The Morgan fingerprint density at radius 1 is 1.40 bits per heavy atom. The molecule has 1 aromatic rings. The van der Waals surface area contributed by atoms with E-state index in [0.29, 0.717) is 0 Å². The molecule has 1 aromatic carbocycles. The van der Waals surface area contributed by atoms with Crippen LogP contribution in [0.4, 0.5) is 5.69 Å². The van der Waals surface area contributed by atoms with Gasteiger partial charge >= 0.3 is 5.97 Å². The number of ether oxygens (including phenoxy) is 1. The number of amides is 2. The Bertz CT molecular complexity index is 696. The zero-order valence-corrected chi connectivity index (χ0v) is 14.2. The summed E-state index contributed by atoms with van der Waals surface area (Å²) in [4.78, 5) is 37.5. The number of esters is 1. The predicted octanol–water partition coefficient (Wildman–Crippen LogP) is 1.17. The van der Waals surface area contributed by atoms with E-state index >= 15 is 0 Å². The lowest BCUT2D eigenvalue weighted by atomic mass is 10.1. The third-order valence-corrected chi connectivity index (χ3v) is 4.03. The number of nitriles is 1. The molecule has 1 saturated heterocycles. The second kappa shape index (κ2) is 8.83. The van der Waals surface area contributed by atoms with Crippen molar-refractivity contribution in [1.29, 1.82) is 5.26 Å².